The van der Waals surface area contributed by atoms with Crippen LogP contribution < -0.4 is 21.1 Å². The van der Waals surface area contributed by atoms with Crippen LogP contribution in [0.2, 0.25) is 0 Å². The fourth-order valence-corrected chi connectivity index (χ4v) is 8.07. The highest BCUT2D eigenvalue weighted by atomic mass is 32.1. The first-order valence-corrected chi connectivity index (χ1v) is 17.7. The molecule has 1 unspecified atom stereocenters. The number of nitrogens with zero attached hydrogens (tertiary/aromatic N) is 7. The molecule has 4 aromatic heterocycles. The summed E-state index contributed by atoms with van der Waals surface area (Å²) in [6.07, 6.45) is -6.35. The SMILES string of the molecule is CN/N=c1/ccc(-c2cc3sc(N4CC(C)(O)C4)nc3nc2C(Cc2cc(F)cc(F)c2)NC(=O)Cn2nc(C(F)(F)F)c3c2C(F)(F)CC3)c(C)n1C=O. The van der Waals surface area contributed by atoms with Gasteiger partial charge in [0, 0.05) is 41.9 Å². The van der Waals surface area contributed by atoms with Crippen molar-refractivity contribution in [2.75, 3.05) is 25.0 Å². The molecule has 0 saturated carbocycles. The monoisotopic (exact) mass is 791 g/mol. The van der Waals surface area contributed by atoms with Gasteiger partial charge >= 0.3 is 6.18 Å². The van der Waals surface area contributed by atoms with Crippen molar-refractivity contribution in [2.45, 2.75) is 63.4 Å². The number of thiazole rings is 1. The van der Waals surface area contributed by atoms with E-state index in [1.807, 2.05) is 4.90 Å². The highest BCUT2D eigenvalue weighted by molar-refractivity contribution is 7.22. The second-order valence-electron chi connectivity index (χ2n) is 13.7. The maximum Gasteiger partial charge on any atom is 0.435 e. The van der Waals surface area contributed by atoms with E-state index < -0.39 is 77.6 Å². The first kappa shape index (κ1) is 37.9. The molecule has 55 heavy (non-hydrogen) atoms. The lowest BCUT2D eigenvalue weighted by atomic mass is 9.94. The van der Waals surface area contributed by atoms with Crippen LogP contribution in [0.4, 0.5) is 35.9 Å². The molecule has 1 atom stereocenters. The first-order chi connectivity index (χ1) is 25.9. The number of halogens is 7. The number of anilines is 1. The highest BCUT2D eigenvalue weighted by Gasteiger charge is 2.50. The van der Waals surface area contributed by atoms with Crippen molar-refractivity contribution in [3.8, 4) is 11.1 Å². The fourth-order valence-electron chi connectivity index (χ4n) is 7.12. The summed E-state index contributed by atoms with van der Waals surface area (Å²) >= 11 is 1.25. The van der Waals surface area contributed by atoms with Crippen LogP contribution in [0.5, 0.6) is 0 Å². The summed E-state index contributed by atoms with van der Waals surface area (Å²) in [5, 5.41) is 21.0. The maximum absolute atomic E-state index is 14.9. The topological polar surface area (TPSA) is 143 Å². The number of nitrogens with one attached hydrogen (secondary N) is 2. The van der Waals surface area contributed by atoms with Gasteiger partial charge in [0.2, 0.25) is 12.3 Å². The number of amides is 1. The molecule has 0 spiro atoms. The number of benzene rings is 1. The number of aliphatic hydroxyl groups is 1. The lowest BCUT2D eigenvalue weighted by molar-refractivity contribution is -0.142. The third-order valence-corrected chi connectivity index (χ3v) is 10.5. The molecule has 2 aliphatic rings. The van der Waals surface area contributed by atoms with Gasteiger partial charge in [0.15, 0.2) is 22.0 Å². The molecule has 1 aromatic carbocycles. The summed E-state index contributed by atoms with van der Waals surface area (Å²) in [5.74, 6) is -6.60. The lowest BCUT2D eigenvalue weighted by Crippen LogP contribution is -2.60. The minimum atomic E-state index is -5.06. The highest BCUT2D eigenvalue weighted by Crippen LogP contribution is 2.46. The quantitative estimate of drug-likeness (QED) is 0.105. The van der Waals surface area contributed by atoms with Crippen molar-refractivity contribution in [1.82, 2.24) is 35.1 Å². The van der Waals surface area contributed by atoms with E-state index in [0.29, 0.717) is 43.8 Å². The molecule has 0 bridgehead atoms. The number of carbonyl (C=O) groups excluding carboxylic acids is 2. The number of aromatic nitrogens is 5. The molecule has 1 saturated heterocycles. The fraction of sp³-hybridized carbons (Fsp3) is 0.371. The number of hydrogen-bond donors (Lipinski definition) is 3. The van der Waals surface area contributed by atoms with E-state index in [2.05, 4.69) is 25.9 Å². The van der Waals surface area contributed by atoms with Gasteiger partial charge < -0.3 is 20.7 Å². The average molecular weight is 792 g/mol. The molecule has 7 rings (SSSR count). The van der Waals surface area contributed by atoms with Crippen LogP contribution in [0.15, 0.2) is 41.5 Å². The van der Waals surface area contributed by atoms with Crippen molar-refractivity contribution in [1.29, 1.82) is 0 Å². The summed E-state index contributed by atoms with van der Waals surface area (Å²) in [6.45, 7) is 2.82. The van der Waals surface area contributed by atoms with E-state index in [9.17, 15) is 45.4 Å². The Morgan fingerprint density at radius 1 is 1.11 bits per heavy atom. The summed E-state index contributed by atoms with van der Waals surface area (Å²) < 4.78 is 103. The largest absolute Gasteiger partial charge is 0.435 e. The molecule has 1 amide bonds. The molecule has 1 aliphatic heterocycles. The molecule has 290 valence electrons. The van der Waals surface area contributed by atoms with Gasteiger partial charge in [0.05, 0.1) is 35.1 Å². The second-order valence-corrected chi connectivity index (χ2v) is 14.7. The Morgan fingerprint density at radius 3 is 2.45 bits per heavy atom. The Balaban J connectivity index is 1.38. The van der Waals surface area contributed by atoms with Crippen molar-refractivity contribution >= 4 is 39.1 Å². The number of alkyl halides is 5. The summed E-state index contributed by atoms with van der Waals surface area (Å²) in [4.78, 5) is 37.4. The van der Waals surface area contributed by atoms with E-state index in [1.54, 1.807) is 26.0 Å². The Bertz CT molecular complexity index is 2390. The zero-order valence-electron chi connectivity index (χ0n) is 29.3. The lowest BCUT2D eigenvalue weighted by Gasteiger charge is -2.43. The van der Waals surface area contributed by atoms with E-state index in [4.69, 9.17) is 4.98 Å². The molecule has 12 nitrogen and oxygen atoms in total. The number of β-amino-alcohol motifs (C(OH)–C–C–N with tert-alkyl or cyclic N) is 1. The number of rotatable bonds is 10. The van der Waals surface area contributed by atoms with Gasteiger partial charge in [-0.15, -0.1) is 0 Å². The van der Waals surface area contributed by atoms with Gasteiger partial charge in [-0.2, -0.15) is 37.1 Å². The van der Waals surface area contributed by atoms with E-state index in [-0.39, 0.29) is 41.9 Å². The van der Waals surface area contributed by atoms with Crippen LogP contribution in [-0.2, 0) is 41.1 Å². The van der Waals surface area contributed by atoms with Crippen molar-refractivity contribution in [2.24, 2.45) is 5.10 Å². The van der Waals surface area contributed by atoms with Gasteiger partial charge in [-0.1, -0.05) is 11.3 Å². The second kappa shape index (κ2) is 13.7. The van der Waals surface area contributed by atoms with E-state index >= 15 is 0 Å². The number of fused-ring (bicyclic) bond motifs is 2. The number of pyridine rings is 2. The Kier molecular flexibility index (Phi) is 9.47. The van der Waals surface area contributed by atoms with Gasteiger partial charge in [-0.3, -0.25) is 18.8 Å². The standard InChI is InChI=1S/C35H32F7N9O3S/c1-17-21(4-5-26(47-43-3)50(17)16-52)23-12-25-31(46-32(55-25)49-14-33(2,54)15-49)45-28(23)24(10-18-8-19(36)11-20(37)9-18)44-27(53)13-51-30-22(6-7-34(30,38)39)29(48-51)35(40,41)42/h4-5,8-9,11-12,16,24,43,54H,6-7,10,13-15H2,1-3H3,(H,44,53)/b47-26-. The van der Waals surface area contributed by atoms with Crippen molar-refractivity contribution in [3.05, 3.63) is 87.4 Å². The molecule has 20 heteroatoms. The molecule has 0 radical (unpaired) electrons. The molecular formula is C35H32F7N9O3S. The molecular weight excluding hydrogens is 759 g/mol. The van der Waals surface area contributed by atoms with Crippen LogP contribution in [0.3, 0.4) is 0 Å². The van der Waals surface area contributed by atoms with Crippen LogP contribution >= 0.6 is 11.3 Å². The average Bonchev–Trinajstić information content (AvgIpc) is 3.75. The minimum absolute atomic E-state index is 0.0474. The van der Waals surface area contributed by atoms with Gasteiger partial charge in [0.25, 0.3) is 5.92 Å². The Labute approximate surface area is 311 Å². The van der Waals surface area contributed by atoms with Crippen molar-refractivity contribution in [3.63, 3.8) is 0 Å². The van der Waals surface area contributed by atoms with Crippen molar-refractivity contribution < 1.29 is 45.4 Å². The predicted octanol–water partition coefficient (Wildman–Crippen LogP) is 4.74. The third-order valence-electron chi connectivity index (χ3n) is 9.43. The first-order valence-electron chi connectivity index (χ1n) is 16.8. The third kappa shape index (κ3) is 7.27. The molecule has 5 heterocycles. The number of carbonyl (C=O) groups is 2. The summed E-state index contributed by atoms with van der Waals surface area (Å²) in [7, 11) is 1.54. The molecule has 1 aliphatic carbocycles. The van der Waals surface area contributed by atoms with Crippen LogP contribution in [0.1, 0.15) is 53.3 Å². The number of hydrogen-bond acceptors (Lipinski definition) is 10. The summed E-state index contributed by atoms with van der Waals surface area (Å²) in [6, 6.07) is 6.26. The van der Waals surface area contributed by atoms with E-state index in [0.717, 1.165) is 12.1 Å². The van der Waals surface area contributed by atoms with Crippen LogP contribution in [0.25, 0.3) is 21.5 Å². The molecule has 1 fully saturated rings. The smallest absolute Gasteiger partial charge is 0.386 e. The van der Waals surface area contributed by atoms with E-state index in [1.165, 1.54) is 29.0 Å². The zero-order valence-corrected chi connectivity index (χ0v) is 30.1. The van der Waals surface area contributed by atoms with Crippen LogP contribution in [0, 0.1) is 18.6 Å². The Hall–Kier alpha value is -5.37. The zero-order chi connectivity index (χ0) is 39.6. The van der Waals surface area contributed by atoms with Gasteiger partial charge in [-0.05, 0) is 62.6 Å². The van der Waals surface area contributed by atoms with Crippen LogP contribution in [-0.4, -0.2) is 67.5 Å². The van der Waals surface area contributed by atoms with Gasteiger partial charge in [-0.25, -0.2) is 13.8 Å². The normalized spacial score (nSPS) is 16.9. The maximum atomic E-state index is 14.9. The minimum Gasteiger partial charge on any atom is -0.386 e. The Morgan fingerprint density at radius 2 is 1.82 bits per heavy atom. The predicted molar refractivity (Wildman–Crippen MR) is 186 cm³/mol. The summed E-state index contributed by atoms with van der Waals surface area (Å²) in [5.41, 5.74) is 0.127. The molecule has 3 N–H and O–H groups in total. The van der Waals surface area contributed by atoms with Gasteiger partial charge in [0.1, 0.15) is 23.9 Å². The molecule has 5 aromatic rings.